The number of rotatable bonds is 1. The molecule has 0 spiro atoms. The zero-order chi connectivity index (χ0) is 18.4. The van der Waals surface area contributed by atoms with Gasteiger partial charge in [0.25, 0.3) is 0 Å². The molecule has 8 heteroatoms. The lowest BCUT2D eigenvalue weighted by Gasteiger charge is -2.10. The van der Waals surface area contributed by atoms with Gasteiger partial charge in [0.2, 0.25) is 0 Å². The molecular formula is C16H12F6N2. The summed E-state index contributed by atoms with van der Waals surface area (Å²) >= 11 is 0. The van der Waals surface area contributed by atoms with E-state index in [1.165, 1.54) is 36.4 Å². The van der Waals surface area contributed by atoms with Crippen molar-refractivity contribution < 1.29 is 26.3 Å². The van der Waals surface area contributed by atoms with Crippen molar-refractivity contribution in [2.75, 3.05) is 0 Å². The van der Waals surface area contributed by atoms with E-state index in [-0.39, 0.29) is 17.7 Å². The minimum Gasteiger partial charge on any atom is -0.326 e. The van der Waals surface area contributed by atoms with Gasteiger partial charge in [-0.3, -0.25) is 0 Å². The van der Waals surface area contributed by atoms with E-state index >= 15 is 0 Å². The van der Waals surface area contributed by atoms with Gasteiger partial charge in [0.1, 0.15) is 0 Å². The maximum atomic E-state index is 12.2. The summed E-state index contributed by atoms with van der Waals surface area (Å²) in [7, 11) is 0. The standard InChI is InChI=1S/C8H8F3N.C8H4F3N/c2*9-8(10,11)7-4-2-1-3-6(7)5-12/h1-4H,5,12H2;1-4H. The van der Waals surface area contributed by atoms with Crippen molar-refractivity contribution >= 4 is 0 Å². The van der Waals surface area contributed by atoms with Crippen molar-refractivity contribution in [1.82, 2.24) is 0 Å². The van der Waals surface area contributed by atoms with E-state index in [1.807, 2.05) is 0 Å². The molecule has 2 aromatic rings. The van der Waals surface area contributed by atoms with Gasteiger partial charge >= 0.3 is 12.4 Å². The molecule has 2 N–H and O–H groups in total. The third-order valence-corrected chi connectivity index (χ3v) is 2.90. The number of hydrogen-bond donors (Lipinski definition) is 1. The highest BCUT2D eigenvalue weighted by atomic mass is 19.4. The van der Waals surface area contributed by atoms with Crippen LogP contribution in [0.25, 0.3) is 0 Å². The highest BCUT2D eigenvalue weighted by Crippen LogP contribution is 2.32. The van der Waals surface area contributed by atoms with Crippen molar-refractivity contribution in [2.24, 2.45) is 5.73 Å². The molecule has 0 bridgehead atoms. The molecule has 0 aliphatic heterocycles. The third kappa shape index (κ3) is 5.28. The van der Waals surface area contributed by atoms with Gasteiger partial charge in [-0.2, -0.15) is 31.6 Å². The molecule has 0 aliphatic rings. The smallest absolute Gasteiger partial charge is 0.326 e. The second-order valence-corrected chi connectivity index (χ2v) is 4.51. The quantitative estimate of drug-likeness (QED) is 0.758. The fourth-order valence-electron chi connectivity index (χ4n) is 1.80. The average Bonchev–Trinajstić information content (AvgIpc) is 2.53. The molecule has 0 aliphatic carbocycles. The van der Waals surface area contributed by atoms with Gasteiger partial charge in [0.15, 0.2) is 0 Å². The lowest BCUT2D eigenvalue weighted by Crippen LogP contribution is -2.11. The monoisotopic (exact) mass is 346 g/mol. The summed E-state index contributed by atoms with van der Waals surface area (Å²) in [5.74, 6) is 0. The summed E-state index contributed by atoms with van der Waals surface area (Å²) in [5, 5.41) is 8.33. The summed E-state index contributed by atoms with van der Waals surface area (Å²) < 4.78 is 72.8. The van der Waals surface area contributed by atoms with Crippen LogP contribution in [0.5, 0.6) is 0 Å². The van der Waals surface area contributed by atoms with Crippen LogP contribution in [0.1, 0.15) is 22.3 Å². The molecule has 24 heavy (non-hydrogen) atoms. The van der Waals surface area contributed by atoms with Gasteiger partial charge in [-0.05, 0) is 23.8 Å². The summed E-state index contributed by atoms with van der Waals surface area (Å²) in [6.07, 6.45) is -8.73. The lowest BCUT2D eigenvalue weighted by molar-refractivity contribution is -0.138. The Balaban J connectivity index is 0.000000240. The van der Waals surface area contributed by atoms with E-state index in [1.54, 1.807) is 0 Å². The first-order valence-corrected chi connectivity index (χ1v) is 6.52. The fourth-order valence-corrected chi connectivity index (χ4v) is 1.80. The number of nitrogens with zero attached hydrogens (tertiary/aromatic N) is 1. The fraction of sp³-hybridized carbons (Fsp3) is 0.188. The number of hydrogen-bond acceptors (Lipinski definition) is 2. The second-order valence-electron chi connectivity index (χ2n) is 4.51. The molecule has 0 unspecified atom stereocenters. The van der Waals surface area contributed by atoms with Crippen LogP contribution in [0.3, 0.4) is 0 Å². The largest absolute Gasteiger partial charge is 0.417 e. The van der Waals surface area contributed by atoms with Crippen LogP contribution in [0.15, 0.2) is 48.5 Å². The Hall–Kier alpha value is -2.53. The maximum absolute atomic E-state index is 12.2. The van der Waals surface area contributed by atoms with Crippen LogP contribution in [0, 0.1) is 11.3 Å². The Morgan fingerprint density at radius 1 is 0.792 bits per heavy atom. The van der Waals surface area contributed by atoms with Crippen LogP contribution < -0.4 is 5.73 Å². The topological polar surface area (TPSA) is 49.8 Å². The molecule has 2 rings (SSSR count). The first kappa shape index (κ1) is 19.5. The zero-order valence-electron chi connectivity index (χ0n) is 12.1. The molecule has 0 saturated carbocycles. The maximum Gasteiger partial charge on any atom is 0.417 e. The first-order chi connectivity index (χ1) is 11.1. The van der Waals surface area contributed by atoms with Crippen molar-refractivity contribution in [2.45, 2.75) is 18.9 Å². The van der Waals surface area contributed by atoms with Crippen LogP contribution in [-0.4, -0.2) is 0 Å². The highest BCUT2D eigenvalue weighted by Gasteiger charge is 2.33. The van der Waals surface area contributed by atoms with Gasteiger partial charge in [0.05, 0.1) is 22.8 Å². The van der Waals surface area contributed by atoms with Crippen molar-refractivity contribution in [3.8, 4) is 6.07 Å². The third-order valence-electron chi connectivity index (χ3n) is 2.90. The number of alkyl halides is 6. The SMILES string of the molecule is N#Cc1ccccc1C(F)(F)F.NCc1ccccc1C(F)(F)F. The van der Waals surface area contributed by atoms with Crippen LogP contribution in [0.4, 0.5) is 26.3 Å². The molecule has 0 amide bonds. The van der Waals surface area contributed by atoms with Crippen LogP contribution in [-0.2, 0) is 18.9 Å². The van der Waals surface area contributed by atoms with Gasteiger partial charge in [-0.15, -0.1) is 0 Å². The number of halogens is 6. The van der Waals surface area contributed by atoms with Crippen LogP contribution >= 0.6 is 0 Å². The predicted octanol–water partition coefficient (Wildman–Crippen LogP) is 4.74. The Kier molecular flexibility index (Phi) is 6.37. The Labute approximate surface area is 134 Å². The molecule has 0 heterocycles. The normalized spacial score (nSPS) is 11.2. The summed E-state index contributed by atoms with van der Waals surface area (Å²) in [6.45, 7) is -0.0876. The van der Waals surface area contributed by atoms with E-state index in [0.29, 0.717) is 0 Å². The second kappa shape index (κ2) is 7.84. The summed E-state index contributed by atoms with van der Waals surface area (Å²) in [6, 6.07) is 11.5. The summed E-state index contributed by atoms with van der Waals surface area (Å²) in [4.78, 5) is 0. The predicted molar refractivity (Wildman–Crippen MR) is 75.5 cm³/mol. The van der Waals surface area contributed by atoms with E-state index in [4.69, 9.17) is 11.0 Å². The van der Waals surface area contributed by atoms with E-state index in [0.717, 1.165) is 18.2 Å². The Morgan fingerprint density at radius 3 is 1.62 bits per heavy atom. The highest BCUT2D eigenvalue weighted by molar-refractivity contribution is 5.38. The van der Waals surface area contributed by atoms with Gasteiger partial charge < -0.3 is 5.73 Å². The summed E-state index contributed by atoms with van der Waals surface area (Å²) in [5.41, 5.74) is 3.41. The molecule has 0 fully saturated rings. The molecule has 0 radical (unpaired) electrons. The van der Waals surface area contributed by atoms with Crippen molar-refractivity contribution in [1.29, 1.82) is 5.26 Å². The first-order valence-electron chi connectivity index (χ1n) is 6.52. The Morgan fingerprint density at radius 2 is 1.25 bits per heavy atom. The van der Waals surface area contributed by atoms with Gasteiger partial charge in [0, 0.05) is 6.54 Å². The minimum absolute atomic E-state index is 0.0876. The van der Waals surface area contributed by atoms with E-state index < -0.39 is 23.5 Å². The van der Waals surface area contributed by atoms with E-state index in [9.17, 15) is 26.3 Å². The van der Waals surface area contributed by atoms with Crippen LogP contribution in [0.2, 0.25) is 0 Å². The molecule has 0 atom stereocenters. The number of nitrogens with two attached hydrogens (primary N) is 1. The molecule has 0 aromatic heterocycles. The van der Waals surface area contributed by atoms with Gasteiger partial charge in [-0.1, -0.05) is 30.3 Å². The Bertz CT molecular complexity index is 713. The number of benzene rings is 2. The number of nitriles is 1. The molecule has 2 nitrogen and oxygen atoms in total. The molecule has 2 aromatic carbocycles. The van der Waals surface area contributed by atoms with E-state index in [2.05, 4.69) is 0 Å². The lowest BCUT2D eigenvalue weighted by atomic mass is 10.1. The van der Waals surface area contributed by atoms with Crippen molar-refractivity contribution in [3.05, 3.63) is 70.8 Å². The molecule has 128 valence electrons. The zero-order valence-corrected chi connectivity index (χ0v) is 12.1. The molecule has 0 saturated heterocycles. The van der Waals surface area contributed by atoms with Gasteiger partial charge in [-0.25, -0.2) is 0 Å². The minimum atomic E-state index is -4.44. The van der Waals surface area contributed by atoms with Crippen molar-refractivity contribution in [3.63, 3.8) is 0 Å². The molecular weight excluding hydrogens is 334 g/mol. The average molecular weight is 346 g/mol.